The lowest BCUT2D eigenvalue weighted by molar-refractivity contribution is 0.630. The van der Waals surface area contributed by atoms with Crippen LogP contribution in [-0.2, 0) is 10.8 Å². The maximum Gasteiger partial charge on any atom is 0.127 e. The average molecular weight is 892 g/mol. The standard InChI is InChI=1S/C57H41N5S3/c1-56(2)36-19-5-12-26-43(36)61(44-27-13-6-20-37(44)56)51-35(54-59-41-24-10-17-31-48(41)64-54)33-34(53-58-40-23-9-16-30-47(40)63-53)50(55-60-42-25-11-18-32-49(42)65-55)52(51)62-45-28-14-7-21-38(45)57(3,4)39-22-8-15-29-46(39)62/h5-33H,1-4H3. The minimum atomic E-state index is -0.283. The Bertz CT molecular complexity index is 3520. The first-order valence-electron chi connectivity index (χ1n) is 22.0. The fraction of sp³-hybridized carbons (Fsp3) is 0.105. The molecule has 8 heteroatoms. The van der Waals surface area contributed by atoms with E-state index in [1.165, 1.54) is 22.3 Å². The molecule has 3 aromatic heterocycles. The van der Waals surface area contributed by atoms with E-state index in [9.17, 15) is 0 Å². The Hall–Kier alpha value is -6.97. The van der Waals surface area contributed by atoms with Gasteiger partial charge in [0.1, 0.15) is 15.0 Å². The predicted molar refractivity (Wildman–Crippen MR) is 276 cm³/mol. The SMILES string of the molecule is CC1(C)c2ccccc2N(c2c(-c3nc4ccccc4s3)cc(-c3nc4ccccc4s3)c(-c3nc4ccccc4s3)c2N2c3ccccc3C(C)(C)c3ccccc32)c2ccccc21. The van der Waals surface area contributed by atoms with Crippen molar-refractivity contribution >= 4 is 98.8 Å². The third-order valence-electron chi connectivity index (χ3n) is 13.6. The highest BCUT2D eigenvalue weighted by Gasteiger charge is 2.44. The molecular formula is C57H41N5S3. The summed E-state index contributed by atoms with van der Waals surface area (Å²) in [5, 5.41) is 2.82. The van der Waals surface area contributed by atoms with Crippen LogP contribution in [-0.4, -0.2) is 15.0 Å². The van der Waals surface area contributed by atoms with Crippen molar-refractivity contribution in [1.29, 1.82) is 0 Å². The van der Waals surface area contributed by atoms with Gasteiger partial charge >= 0.3 is 0 Å². The molecule has 0 atom stereocenters. The molecule has 2 aliphatic rings. The largest absolute Gasteiger partial charge is 0.307 e. The third kappa shape index (κ3) is 5.70. The molecule has 0 amide bonds. The van der Waals surface area contributed by atoms with E-state index in [0.717, 1.165) is 96.5 Å². The molecule has 0 fully saturated rings. The van der Waals surface area contributed by atoms with Crippen LogP contribution in [0.3, 0.4) is 0 Å². The number of benzene rings is 8. The Balaban J connectivity index is 1.29. The minimum absolute atomic E-state index is 0.273. The second kappa shape index (κ2) is 14.3. The van der Waals surface area contributed by atoms with Crippen molar-refractivity contribution < 1.29 is 0 Å². The van der Waals surface area contributed by atoms with Crippen molar-refractivity contribution in [3.8, 4) is 31.7 Å². The minimum Gasteiger partial charge on any atom is -0.307 e. The van der Waals surface area contributed by atoms with Crippen molar-refractivity contribution in [2.24, 2.45) is 0 Å². The lowest BCUT2D eigenvalue weighted by Gasteiger charge is -2.46. The maximum absolute atomic E-state index is 5.59. The summed E-state index contributed by atoms with van der Waals surface area (Å²) in [5.74, 6) is 0. The Morgan fingerprint density at radius 2 is 0.677 bits per heavy atom. The summed E-state index contributed by atoms with van der Waals surface area (Å²) in [6.07, 6.45) is 0. The molecule has 0 bridgehead atoms. The van der Waals surface area contributed by atoms with E-state index in [1.807, 2.05) is 0 Å². The van der Waals surface area contributed by atoms with E-state index in [2.05, 4.69) is 213 Å². The van der Waals surface area contributed by atoms with Gasteiger partial charge in [-0.05, 0) is 89.0 Å². The molecule has 312 valence electrons. The normalized spacial score (nSPS) is 14.6. The average Bonchev–Trinajstić information content (AvgIpc) is 4.09. The van der Waals surface area contributed by atoms with Crippen molar-refractivity contribution in [2.75, 3.05) is 9.80 Å². The lowest BCUT2D eigenvalue weighted by atomic mass is 9.73. The number of rotatable bonds is 5. The van der Waals surface area contributed by atoms with E-state index in [4.69, 9.17) is 15.0 Å². The van der Waals surface area contributed by atoms with Crippen molar-refractivity contribution in [1.82, 2.24) is 15.0 Å². The van der Waals surface area contributed by atoms with Crippen LogP contribution in [0.5, 0.6) is 0 Å². The summed E-state index contributed by atoms with van der Waals surface area (Å²) in [7, 11) is 0. The summed E-state index contributed by atoms with van der Waals surface area (Å²) >= 11 is 5.23. The summed E-state index contributed by atoms with van der Waals surface area (Å²) in [4.78, 5) is 21.7. The molecule has 5 heterocycles. The van der Waals surface area contributed by atoms with Crippen LogP contribution in [0.2, 0.25) is 0 Å². The first-order chi connectivity index (χ1) is 31.8. The van der Waals surface area contributed by atoms with Crippen molar-refractivity contribution in [3.05, 3.63) is 198 Å². The third-order valence-corrected chi connectivity index (χ3v) is 16.7. The Morgan fingerprint density at radius 1 is 0.354 bits per heavy atom. The molecule has 0 N–H and O–H groups in total. The molecule has 5 nitrogen and oxygen atoms in total. The topological polar surface area (TPSA) is 45.2 Å². The number of anilines is 6. The summed E-state index contributed by atoms with van der Waals surface area (Å²) in [6.45, 7) is 9.44. The van der Waals surface area contributed by atoms with E-state index < -0.39 is 0 Å². The van der Waals surface area contributed by atoms with Crippen LogP contribution in [0.15, 0.2) is 176 Å². The number of aromatic nitrogens is 3. The zero-order chi connectivity index (χ0) is 43.6. The Labute approximate surface area is 389 Å². The maximum atomic E-state index is 5.59. The van der Waals surface area contributed by atoms with Crippen LogP contribution in [0.1, 0.15) is 49.9 Å². The fourth-order valence-corrected chi connectivity index (χ4v) is 13.4. The van der Waals surface area contributed by atoms with Gasteiger partial charge in [0.2, 0.25) is 0 Å². The van der Waals surface area contributed by atoms with E-state index in [1.54, 1.807) is 34.0 Å². The molecule has 8 aromatic carbocycles. The number of para-hydroxylation sites is 7. The van der Waals surface area contributed by atoms with Gasteiger partial charge < -0.3 is 9.80 Å². The second-order valence-corrected chi connectivity index (χ2v) is 21.1. The summed E-state index contributed by atoms with van der Waals surface area (Å²) in [5.41, 5.74) is 17.1. The monoisotopic (exact) mass is 891 g/mol. The van der Waals surface area contributed by atoms with Gasteiger partial charge in [-0.3, -0.25) is 0 Å². The van der Waals surface area contributed by atoms with Gasteiger partial charge in [-0.1, -0.05) is 137 Å². The molecule has 0 aliphatic carbocycles. The van der Waals surface area contributed by atoms with Gasteiger partial charge in [0, 0.05) is 27.5 Å². The van der Waals surface area contributed by atoms with Gasteiger partial charge in [-0.15, -0.1) is 34.0 Å². The van der Waals surface area contributed by atoms with Crippen LogP contribution < -0.4 is 9.80 Å². The van der Waals surface area contributed by atoms with E-state index >= 15 is 0 Å². The predicted octanol–water partition coefficient (Wildman–Crippen LogP) is 16.7. The van der Waals surface area contributed by atoms with E-state index in [-0.39, 0.29) is 10.8 Å². The highest BCUT2D eigenvalue weighted by Crippen LogP contribution is 2.63. The molecule has 0 unspecified atom stereocenters. The number of hydrogen-bond donors (Lipinski definition) is 0. The van der Waals surface area contributed by atoms with Crippen LogP contribution in [0.4, 0.5) is 34.1 Å². The van der Waals surface area contributed by atoms with Gasteiger partial charge in [-0.25, -0.2) is 15.0 Å². The summed E-state index contributed by atoms with van der Waals surface area (Å²) in [6, 6.07) is 63.9. The Kier molecular flexibility index (Phi) is 8.45. The van der Waals surface area contributed by atoms with Crippen LogP contribution >= 0.6 is 34.0 Å². The molecule has 0 spiro atoms. The lowest BCUT2D eigenvalue weighted by Crippen LogP contribution is -2.33. The molecule has 13 rings (SSSR count). The number of thiazole rings is 3. The molecular weight excluding hydrogens is 851 g/mol. The molecule has 0 saturated heterocycles. The summed E-state index contributed by atoms with van der Waals surface area (Å²) < 4.78 is 3.42. The fourth-order valence-electron chi connectivity index (χ4n) is 10.4. The molecule has 2 aliphatic heterocycles. The molecule has 0 radical (unpaired) electrons. The van der Waals surface area contributed by atoms with Gasteiger partial charge in [0.15, 0.2) is 0 Å². The van der Waals surface area contributed by atoms with E-state index in [0.29, 0.717) is 0 Å². The molecule has 0 saturated carbocycles. The number of fused-ring (bicyclic) bond motifs is 7. The quantitative estimate of drug-likeness (QED) is 0.172. The smallest absolute Gasteiger partial charge is 0.127 e. The van der Waals surface area contributed by atoms with Gasteiger partial charge in [0.25, 0.3) is 0 Å². The Morgan fingerprint density at radius 3 is 1.09 bits per heavy atom. The van der Waals surface area contributed by atoms with Gasteiger partial charge in [0.05, 0.1) is 64.8 Å². The zero-order valence-electron chi connectivity index (χ0n) is 36.2. The van der Waals surface area contributed by atoms with Crippen molar-refractivity contribution in [3.63, 3.8) is 0 Å². The zero-order valence-corrected chi connectivity index (χ0v) is 38.7. The number of nitrogens with zero attached hydrogens (tertiary/aromatic N) is 5. The highest BCUT2D eigenvalue weighted by atomic mass is 32.1. The van der Waals surface area contributed by atoms with Crippen LogP contribution in [0, 0.1) is 0 Å². The second-order valence-electron chi connectivity index (χ2n) is 18.0. The highest BCUT2D eigenvalue weighted by molar-refractivity contribution is 7.23. The number of hydrogen-bond acceptors (Lipinski definition) is 8. The van der Waals surface area contributed by atoms with Crippen molar-refractivity contribution in [2.45, 2.75) is 38.5 Å². The molecule has 65 heavy (non-hydrogen) atoms. The first-order valence-corrected chi connectivity index (χ1v) is 24.5. The van der Waals surface area contributed by atoms with Crippen LogP contribution in [0.25, 0.3) is 62.4 Å². The van der Waals surface area contributed by atoms with Gasteiger partial charge in [-0.2, -0.15) is 0 Å². The molecule has 11 aromatic rings. The first kappa shape index (κ1) is 38.5.